The molecule has 1 unspecified atom stereocenters. The Hall–Kier alpha value is -1.95. The molecule has 140 valence electrons. The lowest BCUT2D eigenvalue weighted by molar-refractivity contribution is -0.137. The highest BCUT2D eigenvalue weighted by Crippen LogP contribution is 2.02. The quantitative estimate of drug-likeness (QED) is 0.383. The van der Waals surface area contributed by atoms with Crippen LogP contribution in [0.15, 0.2) is 60.8 Å². The molecule has 0 radical (unpaired) electrons. The van der Waals surface area contributed by atoms with E-state index in [-0.39, 0.29) is 6.42 Å². The fourth-order valence-electron chi connectivity index (χ4n) is 1.78. The van der Waals surface area contributed by atoms with Gasteiger partial charge in [0.2, 0.25) is 0 Å². The molecule has 5 heteroatoms. The molecule has 0 aliphatic heterocycles. The number of carboxylic acid groups (broad SMARTS) is 1. The smallest absolute Gasteiger partial charge is 0.303 e. The molecule has 0 saturated carbocycles. The van der Waals surface area contributed by atoms with E-state index < -0.39 is 24.3 Å². The Morgan fingerprint density at radius 1 is 0.840 bits per heavy atom. The molecule has 0 aliphatic rings. The van der Waals surface area contributed by atoms with Gasteiger partial charge in [-0.1, -0.05) is 67.7 Å². The molecule has 0 spiro atoms. The van der Waals surface area contributed by atoms with Crippen LogP contribution >= 0.6 is 0 Å². The molecule has 5 nitrogen and oxygen atoms in total. The standard InChI is InChI=1S/C20H30O5/c1-2-17(21)11-8-5-9-14-18(22)12-6-3-4-7-13-19(23)15-10-16-20(24)25/h3-9,11-13,17-19,21-23H,2,10,14-16H2,1H3,(H,24,25)/t17?,18-,19+/m0/s1. The topological polar surface area (TPSA) is 98.0 Å². The Morgan fingerprint density at radius 3 is 2.00 bits per heavy atom. The molecule has 0 aromatic heterocycles. The molecule has 0 bridgehead atoms. The van der Waals surface area contributed by atoms with Crippen LogP contribution in [0.3, 0.4) is 0 Å². The lowest BCUT2D eigenvalue weighted by Crippen LogP contribution is -2.03. The zero-order valence-corrected chi connectivity index (χ0v) is 14.7. The van der Waals surface area contributed by atoms with Crippen molar-refractivity contribution in [2.24, 2.45) is 0 Å². The summed E-state index contributed by atoms with van der Waals surface area (Å²) >= 11 is 0. The third-order valence-corrected chi connectivity index (χ3v) is 3.27. The molecule has 0 rings (SSSR count). The van der Waals surface area contributed by atoms with Gasteiger partial charge in [-0.25, -0.2) is 0 Å². The summed E-state index contributed by atoms with van der Waals surface area (Å²) in [5.41, 5.74) is 0. The number of aliphatic carboxylic acids is 1. The molecule has 0 heterocycles. The van der Waals surface area contributed by atoms with Gasteiger partial charge in [-0.15, -0.1) is 0 Å². The van der Waals surface area contributed by atoms with Crippen molar-refractivity contribution in [2.75, 3.05) is 0 Å². The number of carbonyl (C=O) groups is 1. The largest absolute Gasteiger partial charge is 0.481 e. The summed E-state index contributed by atoms with van der Waals surface area (Å²) < 4.78 is 0. The Bertz CT molecular complexity index is 488. The first-order chi connectivity index (χ1) is 12.0. The Balaban J connectivity index is 3.95. The van der Waals surface area contributed by atoms with E-state index in [9.17, 15) is 20.1 Å². The van der Waals surface area contributed by atoms with Crippen molar-refractivity contribution in [3.8, 4) is 0 Å². The minimum atomic E-state index is -0.857. The van der Waals surface area contributed by atoms with Crippen LogP contribution in [0.4, 0.5) is 0 Å². The van der Waals surface area contributed by atoms with Gasteiger partial charge in [0.05, 0.1) is 18.3 Å². The molecule has 25 heavy (non-hydrogen) atoms. The number of allylic oxidation sites excluding steroid dienone is 6. The zero-order chi connectivity index (χ0) is 18.9. The lowest BCUT2D eigenvalue weighted by Gasteiger charge is -2.02. The van der Waals surface area contributed by atoms with Crippen LogP contribution in [-0.2, 0) is 4.79 Å². The SMILES string of the molecule is CCC(O)C=CC=CC[C@@H](O)C=CC=CC=C[C@@H](O)CCCC(=O)O. The molecule has 0 fully saturated rings. The van der Waals surface area contributed by atoms with Crippen LogP contribution in [0.25, 0.3) is 0 Å². The van der Waals surface area contributed by atoms with E-state index in [0.29, 0.717) is 25.7 Å². The van der Waals surface area contributed by atoms with Crippen LogP contribution < -0.4 is 0 Å². The van der Waals surface area contributed by atoms with Crippen molar-refractivity contribution in [1.82, 2.24) is 0 Å². The van der Waals surface area contributed by atoms with Gasteiger partial charge in [0.15, 0.2) is 0 Å². The summed E-state index contributed by atoms with van der Waals surface area (Å²) in [5.74, 6) is -0.857. The van der Waals surface area contributed by atoms with Gasteiger partial charge in [0.25, 0.3) is 0 Å². The van der Waals surface area contributed by atoms with Gasteiger partial charge in [-0.05, 0) is 25.7 Å². The highest BCUT2D eigenvalue weighted by Gasteiger charge is 2.01. The first kappa shape index (κ1) is 23.1. The second-order valence-electron chi connectivity index (χ2n) is 5.60. The van der Waals surface area contributed by atoms with Gasteiger partial charge < -0.3 is 20.4 Å². The normalized spacial score (nSPS) is 16.6. The molecular formula is C20H30O5. The molecular weight excluding hydrogens is 320 g/mol. The maximum atomic E-state index is 10.3. The zero-order valence-electron chi connectivity index (χ0n) is 14.7. The van der Waals surface area contributed by atoms with E-state index >= 15 is 0 Å². The average Bonchev–Trinajstić information content (AvgIpc) is 2.57. The Labute approximate surface area is 150 Å². The summed E-state index contributed by atoms with van der Waals surface area (Å²) in [6, 6.07) is 0. The van der Waals surface area contributed by atoms with Crippen molar-refractivity contribution in [2.45, 2.75) is 57.3 Å². The molecule has 0 saturated heterocycles. The predicted molar refractivity (Wildman–Crippen MR) is 100 cm³/mol. The number of hydrogen-bond acceptors (Lipinski definition) is 4. The summed E-state index contributed by atoms with van der Waals surface area (Å²) in [5, 5.41) is 37.2. The van der Waals surface area contributed by atoms with Crippen LogP contribution in [0.1, 0.15) is 39.0 Å². The Kier molecular flexibility index (Phi) is 14.4. The van der Waals surface area contributed by atoms with E-state index in [1.807, 2.05) is 13.0 Å². The first-order valence-corrected chi connectivity index (χ1v) is 8.56. The number of carboxylic acids is 1. The minimum absolute atomic E-state index is 0.0603. The van der Waals surface area contributed by atoms with Crippen LogP contribution in [-0.4, -0.2) is 44.7 Å². The van der Waals surface area contributed by atoms with Crippen molar-refractivity contribution >= 4 is 5.97 Å². The number of aliphatic hydroxyl groups is 3. The Morgan fingerprint density at radius 2 is 1.40 bits per heavy atom. The van der Waals surface area contributed by atoms with Gasteiger partial charge in [0, 0.05) is 6.42 Å². The third kappa shape index (κ3) is 16.7. The highest BCUT2D eigenvalue weighted by molar-refractivity contribution is 5.66. The van der Waals surface area contributed by atoms with Gasteiger partial charge in [-0.2, -0.15) is 0 Å². The maximum Gasteiger partial charge on any atom is 0.303 e. The number of rotatable bonds is 13. The molecule has 0 amide bonds. The van der Waals surface area contributed by atoms with Gasteiger partial charge >= 0.3 is 5.97 Å². The van der Waals surface area contributed by atoms with E-state index in [1.54, 1.807) is 54.7 Å². The first-order valence-electron chi connectivity index (χ1n) is 8.56. The minimum Gasteiger partial charge on any atom is -0.481 e. The summed E-state index contributed by atoms with van der Waals surface area (Å²) in [6.07, 6.45) is 17.6. The monoisotopic (exact) mass is 350 g/mol. The second-order valence-corrected chi connectivity index (χ2v) is 5.60. The molecule has 0 aromatic rings. The van der Waals surface area contributed by atoms with E-state index in [1.165, 1.54) is 0 Å². The maximum absolute atomic E-state index is 10.3. The highest BCUT2D eigenvalue weighted by atomic mass is 16.4. The van der Waals surface area contributed by atoms with Crippen LogP contribution in [0.5, 0.6) is 0 Å². The molecule has 0 aliphatic carbocycles. The van der Waals surface area contributed by atoms with Crippen molar-refractivity contribution in [1.29, 1.82) is 0 Å². The number of hydrogen-bond donors (Lipinski definition) is 4. The van der Waals surface area contributed by atoms with Crippen molar-refractivity contribution in [3.63, 3.8) is 0 Å². The van der Waals surface area contributed by atoms with Gasteiger partial charge in [-0.3, -0.25) is 4.79 Å². The summed E-state index contributed by atoms with van der Waals surface area (Å²) in [4.78, 5) is 10.3. The summed E-state index contributed by atoms with van der Waals surface area (Å²) in [7, 11) is 0. The fourth-order valence-corrected chi connectivity index (χ4v) is 1.78. The fraction of sp³-hybridized carbons (Fsp3) is 0.450. The third-order valence-electron chi connectivity index (χ3n) is 3.27. The predicted octanol–water partition coefficient (Wildman–Crippen LogP) is 2.91. The van der Waals surface area contributed by atoms with Crippen LogP contribution in [0, 0.1) is 0 Å². The van der Waals surface area contributed by atoms with Crippen molar-refractivity contribution < 1.29 is 25.2 Å². The summed E-state index contributed by atoms with van der Waals surface area (Å²) in [6.45, 7) is 1.90. The van der Waals surface area contributed by atoms with Crippen LogP contribution in [0.2, 0.25) is 0 Å². The molecule has 4 N–H and O–H groups in total. The lowest BCUT2D eigenvalue weighted by atomic mass is 10.1. The van der Waals surface area contributed by atoms with Crippen molar-refractivity contribution in [3.05, 3.63) is 60.8 Å². The van der Waals surface area contributed by atoms with E-state index in [2.05, 4.69) is 0 Å². The van der Waals surface area contributed by atoms with E-state index in [0.717, 1.165) is 0 Å². The number of aliphatic hydroxyl groups excluding tert-OH is 3. The average molecular weight is 350 g/mol. The van der Waals surface area contributed by atoms with Gasteiger partial charge in [0.1, 0.15) is 0 Å². The second kappa shape index (κ2) is 15.6. The molecule has 0 aromatic carbocycles. The van der Waals surface area contributed by atoms with E-state index in [4.69, 9.17) is 5.11 Å². The molecule has 3 atom stereocenters.